The Labute approximate surface area is 155 Å². The molecule has 1 fully saturated rings. The molecular formula is C21H26N2O3. The molecule has 138 valence electrons. The quantitative estimate of drug-likeness (QED) is 0.827. The first-order valence-electron chi connectivity index (χ1n) is 8.91. The molecule has 2 aromatic rings. The lowest BCUT2D eigenvalue weighted by Gasteiger charge is -2.31. The van der Waals surface area contributed by atoms with E-state index in [9.17, 15) is 4.79 Å². The van der Waals surface area contributed by atoms with Crippen molar-refractivity contribution in [2.24, 2.45) is 0 Å². The first-order valence-corrected chi connectivity index (χ1v) is 8.91. The summed E-state index contributed by atoms with van der Waals surface area (Å²) in [7, 11) is 3.46. The van der Waals surface area contributed by atoms with E-state index in [-0.39, 0.29) is 5.91 Å². The monoisotopic (exact) mass is 354 g/mol. The number of carbonyl (C=O) groups excluding carboxylic acids is 1. The molecule has 1 amide bonds. The van der Waals surface area contributed by atoms with Gasteiger partial charge in [0.05, 0.1) is 20.3 Å². The van der Waals surface area contributed by atoms with Gasteiger partial charge in [-0.3, -0.25) is 4.79 Å². The van der Waals surface area contributed by atoms with E-state index in [1.807, 2.05) is 44.3 Å². The molecule has 26 heavy (non-hydrogen) atoms. The molecule has 0 radical (unpaired) electrons. The number of amides is 1. The van der Waals surface area contributed by atoms with Gasteiger partial charge in [-0.15, -0.1) is 0 Å². The van der Waals surface area contributed by atoms with Gasteiger partial charge in [0, 0.05) is 37.9 Å². The van der Waals surface area contributed by atoms with Crippen molar-refractivity contribution in [2.45, 2.75) is 13.5 Å². The third-order valence-corrected chi connectivity index (χ3v) is 4.75. The fourth-order valence-electron chi connectivity index (χ4n) is 3.26. The number of methoxy groups -OCH3 is 1. The van der Waals surface area contributed by atoms with Crippen molar-refractivity contribution in [1.82, 2.24) is 4.90 Å². The number of hydrogen-bond donors (Lipinski definition) is 0. The van der Waals surface area contributed by atoms with E-state index in [1.165, 1.54) is 5.69 Å². The van der Waals surface area contributed by atoms with E-state index in [0.29, 0.717) is 12.1 Å². The second kappa shape index (κ2) is 8.23. The molecule has 5 heteroatoms. The second-order valence-corrected chi connectivity index (χ2v) is 6.57. The molecule has 1 heterocycles. The number of morpholine rings is 1. The summed E-state index contributed by atoms with van der Waals surface area (Å²) in [6, 6.07) is 13.8. The SMILES string of the molecule is COc1cc(C(=O)N(C)Cc2ccccc2N2CCOCC2)ccc1C. The molecule has 3 rings (SSSR count). The predicted molar refractivity (Wildman–Crippen MR) is 103 cm³/mol. The highest BCUT2D eigenvalue weighted by molar-refractivity contribution is 5.94. The Morgan fingerprint density at radius 2 is 1.92 bits per heavy atom. The molecule has 0 unspecified atom stereocenters. The summed E-state index contributed by atoms with van der Waals surface area (Å²) in [5, 5.41) is 0. The Morgan fingerprint density at radius 3 is 2.65 bits per heavy atom. The lowest BCUT2D eigenvalue weighted by atomic mass is 10.1. The highest BCUT2D eigenvalue weighted by Gasteiger charge is 2.18. The van der Waals surface area contributed by atoms with Crippen molar-refractivity contribution in [3.8, 4) is 5.75 Å². The predicted octanol–water partition coefficient (Wildman–Crippen LogP) is 3.11. The van der Waals surface area contributed by atoms with Crippen LogP contribution in [0.2, 0.25) is 0 Å². The lowest BCUT2D eigenvalue weighted by molar-refractivity contribution is 0.0784. The molecule has 0 bridgehead atoms. The number of rotatable bonds is 5. The molecule has 1 aliphatic rings. The maximum atomic E-state index is 12.9. The molecule has 1 aliphatic heterocycles. The van der Waals surface area contributed by atoms with Gasteiger partial charge < -0.3 is 19.3 Å². The largest absolute Gasteiger partial charge is 0.496 e. The van der Waals surface area contributed by atoms with Gasteiger partial charge in [-0.25, -0.2) is 0 Å². The van der Waals surface area contributed by atoms with Crippen LogP contribution in [0.4, 0.5) is 5.69 Å². The summed E-state index contributed by atoms with van der Waals surface area (Å²) in [4.78, 5) is 16.9. The average molecular weight is 354 g/mol. The Morgan fingerprint density at radius 1 is 1.19 bits per heavy atom. The first-order chi connectivity index (χ1) is 12.6. The van der Waals surface area contributed by atoms with E-state index in [2.05, 4.69) is 17.0 Å². The molecule has 0 spiro atoms. The van der Waals surface area contributed by atoms with Crippen LogP contribution in [0.15, 0.2) is 42.5 Å². The topological polar surface area (TPSA) is 42.0 Å². The van der Waals surface area contributed by atoms with Gasteiger partial charge in [0.2, 0.25) is 0 Å². The Hall–Kier alpha value is -2.53. The second-order valence-electron chi connectivity index (χ2n) is 6.57. The molecule has 0 aromatic heterocycles. The van der Waals surface area contributed by atoms with Crippen LogP contribution in [0, 0.1) is 6.92 Å². The Balaban J connectivity index is 1.77. The minimum Gasteiger partial charge on any atom is -0.496 e. The number of para-hydroxylation sites is 1. The smallest absolute Gasteiger partial charge is 0.254 e. The average Bonchev–Trinajstić information content (AvgIpc) is 2.69. The number of hydrogen-bond acceptors (Lipinski definition) is 4. The minimum absolute atomic E-state index is 0.0138. The third kappa shape index (κ3) is 3.99. The van der Waals surface area contributed by atoms with Gasteiger partial charge in [-0.2, -0.15) is 0 Å². The summed E-state index contributed by atoms with van der Waals surface area (Å²) >= 11 is 0. The molecular weight excluding hydrogens is 328 g/mol. The van der Waals surface area contributed by atoms with Crippen LogP contribution in [0.25, 0.3) is 0 Å². The molecule has 0 atom stereocenters. The molecule has 1 saturated heterocycles. The van der Waals surface area contributed by atoms with Gasteiger partial charge in [-0.05, 0) is 36.2 Å². The van der Waals surface area contributed by atoms with Crippen LogP contribution in [-0.4, -0.2) is 51.3 Å². The lowest BCUT2D eigenvalue weighted by Crippen LogP contribution is -2.37. The highest BCUT2D eigenvalue weighted by atomic mass is 16.5. The molecule has 2 aromatic carbocycles. The van der Waals surface area contributed by atoms with E-state index in [0.717, 1.165) is 43.2 Å². The van der Waals surface area contributed by atoms with Crippen molar-refractivity contribution in [2.75, 3.05) is 45.4 Å². The molecule has 0 N–H and O–H groups in total. The summed E-state index contributed by atoms with van der Waals surface area (Å²) in [6.07, 6.45) is 0. The molecule has 0 saturated carbocycles. The van der Waals surface area contributed by atoms with Gasteiger partial charge in [0.25, 0.3) is 5.91 Å². The zero-order chi connectivity index (χ0) is 18.5. The maximum absolute atomic E-state index is 12.9. The number of ether oxygens (including phenoxy) is 2. The summed E-state index contributed by atoms with van der Waals surface area (Å²) in [6.45, 7) is 5.77. The van der Waals surface area contributed by atoms with Crippen LogP contribution in [-0.2, 0) is 11.3 Å². The summed E-state index contributed by atoms with van der Waals surface area (Å²) in [5.74, 6) is 0.720. The van der Waals surface area contributed by atoms with Gasteiger partial charge in [-0.1, -0.05) is 24.3 Å². The summed E-state index contributed by atoms with van der Waals surface area (Å²) in [5.41, 5.74) is 3.98. The number of carbonyl (C=O) groups is 1. The Bertz CT molecular complexity index is 770. The highest BCUT2D eigenvalue weighted by Crippen LogP contribution is 2.24. The fraction of sp³-hybridized carbons (Fsp3) is 0.381. The Kier molecular flexibility index (Phi) is 5.78. The van der Waals surface area contributed by atoms with Crippen LogP contribution < -0.4 is 9.64 Å². The summed E-state index contributed by atoms with van der Waals surface area (Å²) < 4.78 is 10.8. The maximum Gasteiger partial charge on any atom is 0.254 e. The number of nitrogens with zero attached hydrogens (tertiary/aromatic N) is 2. The minimum atomic E-state index is -0.0138. The normalized spacial score (nSPS) is 14.2. The zero-order valence-electron chi connectivity index (χ0n) is 15.7. The molecule has 5 nitrogen and oxygen atoms in total. The van der Waals surface area contributed by atoms with Crippen molar-refractivity contribution in [3.63, 3.8) is 0 Å². The van der Waals surface area contributed by atoms with Crippen molar-refractivity contribution < 1.29 is 14.3 Å². The van der Waals surface area contributed by atoms with E-state index < -0.39 is 0 Å². The van der Waals surface area contributed by atoms with E-state index >= 15 is 0 Å². The third-order valence-electron chi connectivity index (χ3n) is 4.75. The van der Waals surface area contributed by atoms with Gasteiger partial charge >= 0.3 is 0 Å². The molecule has 0 aliphatic carbocycles. The van der Waals surface area contributed by atoms with Crippen LogP contribution in [0.3, 0.4) is 0 Å². The van der Waals surface area contributed by atoms with Crippen LogP contribution in [0.1, 0.15) is 21.5 Å². The first kappa shape index (κ1) is 18.3. The van der Waals surface area contributed by atoms with Crippen LogP contribution in [0.5, 0.6) is 5.75 Å². The van der Waals surface area contributed by atoms with Crippen molar-refractivity contribution >= 4 is 11.6 Å². The fourth-order valence-corrected chi connectivity index (χ4v) is 3.26. The van der Waals surface area contributed by atoms with Crippen molar-refractivity contribution in [3.05, 3.63) is 59.2 Å². The van der Waals surface area contributed by atoms with E-state index in [4.69, 9.17) is 9.47 Å². The van der Waals surface area contributed by atoms with Crippen molar-refractivity contribution in [1.29, 1.82) is 0 Å². The van der Waals surface area contributed by atoms with Gasteiger partial charge in [0.15, 0.2) is 0 Å². The standard InChI is InChI=1S/C21H26N2O3/c1-16-8-9-17(14-20(16)25-3)21(24)22(2)15-18-6-4-5-7-19(18)23-10-12-26-13-11-23/h4-9,14H,10-13,15H2,1-3H3. The van der Waals surface area contributed by atoms with E-state index in [1.54, 1.807) is 12.0 Å². The van der Waals surface area contributed by atoms with Crippen LogP contribution >= 0.6 is 0 Å². The number of anilines is 1. The van der Waals surface area contributed by atoms with Gasteiger partial charge in [0.1, 0.15) is 5.75 Å². The zero-order valence-corrected chi connectivity index (χ0v) is 15.7. The number of aryl methyl sites for hydroxylation is 1. The number of benzene rings is 2.